The first-order valence-electron chi connectivity index (χ1n) is 10.1. The molecule has 1 aromatic carbocycles. The number of aromatic hydroxyl groups is 1. The van der Waals surface area contributed by atoms with Crippen molar-refractivity contribution in [3.05, 3.63) is 23.3 Å². The molecule has 5 heteroatoms. The number of nitrogens with one attached hydrogen (secondary N) is 1. The molecule has 6 rings (SSSR count). The van der Waals surface area contributed by atoms with Crippen LogP contribution in [-0.2, 0) is 16.6 Å². The molecule has 3 fully saturated rings. The number of carbonyl (C=O) groups excluding carboxylic acids is 1. The maximum Gasteiger partial charge on any atom is 0.174 e. The van der Waals surface area contributed by atoms with Gasteiger partial charge in [-0.2, -0.15) is 0 Å². The van der Waals surface area contributed by atoms with Gasteiger partial charge in [-0.3, -0.25) is 4.79 Å². The van der Waals surface area contributed by atoms with Crippen LogP contribution in [0.25, 0.3) is 0 Å². The molecule has 0 radical (unpaired) electrons. The van der Waals surface area contributed by atoms with Crippen LogP contribution < -0.4 is 9.64 Å². The molecule has 4 unspecified atom stereocenters. The second-order valence-electron chi connectivity index (χ2n) is 9.27. The summed E-state index contributed by atoms with van der Waals surface area (Å²) in [5.74, 6) is 1.41. The topological polar surface area (TPSA) is 71.2 Å². The predicted octanol–water partition coefficient (Wildman–Crippen LogP) is 0.497. The van der Waals surface area contributed by atoms with E-state index >= 15 is 0 Å². The second kappa shape index (κ2) is 4.63. The summed E-state index contributed by atoms with van der Waals surface area (Å²) in [6.07, 6.45) is 4.42. The quantitative estimate of drug-likeness (QED) is 0.722. The number of rotatable bonds is 2. The Hall–Kier alpha value is -1.59. The number of benzene rings is 1. The van der Waals surface area contributed by atoms with E-state index in [1.54, 1.807) is 6.07 Å². The number of hydrogen-bond donors (Lipinski definition) is 3. The average Bonchev–Trinajstić information content (AvgIpc) is 3.39. The summed E-state index contributed by atoms with van der Waals surface area (Å²) in [6.45, 7) is 3.30. The zero-order chi connectivity index (χ0) is 17.8. The molecule has 138 valence electrons. The molecule has 1 spiro atoms. The van der Waals surface area contributed by atoms with Crippen molar-refractivity contribution < 1.29 is 24.6 Å². The Morgan fingerprint density at radius 1 is 1.31 bits per heavy atom. The first-order chi connectivity index (χ1) is 12.5. The standard InChI is InChI=1S/C21H25NO4/c1-11(12-2-3-12)22-9-8-20-17-13-4-5-14(23)18(17)26-19(20)15(24)6-7-21(20,25)16(22)10-13/h4-5,11-12,16,19,23,25H,2-3,6-10H2,1H3/p+1/t11?,16?,19?,20-,21+/m0/s1. The lowest BCUT2D eigenvalue weighted by molar-refractivity contribution is -0.965. The third kappa shape index (κ3) is 1.55. The summed E-state index contributed by atoms with van der Waals surface area (Å²) in [5, 5.41) is 22.5. The highest BCUT2D eigenvalue weighted by Crippen LogP contribution is 2.63. The molecule has 0 aromatic heterocycles. The van der Waals surface area contributed by atoms with E-state index in [9.17, 15) is 15.0 Å². The number of carbonyl (C=O) groups is 1. The molecule has 5 aliphatic rings. The molecule has 3 N–H and O–H groups in total. The Bertz CT molecular complexity index is 834. The molecule has 2 heterocycles. The highest BCUT2D eigenvalue weighted by Gasteiger charge is 2.75. The van der Waals surface area contributed by atoms with Crippen LogP contribution in [0.15, 0.2) is 12.1 Å². The van der Waals surface area contributed by atoms with Gasteiger partial charge in [0.1, 0.15) is 11.6 Å². The van der Waals surface area contributed by atoms with E-state index in [0.29, 0.717) is 24.6 Å². The fourth-order valence-electron chi connectivity index (χ4n) is 6.94. The van der Waals surface area contributed by atoms with E-state index in [2.05, 4.69) is 6.92 Å². The van der Waals surface area contributed by atoms with E-state index in [0.717, 1.165) is 36.4 Å². The molecule has 3 aliphatic carbocycles. The number of aliphatic hydroxyl groups is 1. The number of phenolic OH excluding ortho intramolecular Hbond substituents is 1. The average molecular weight is 356 g/mol. The number of Topliss-reactive ketones (excluding diaryl/α,β-unsaturated/α-hetero) is 1. The van der Waals surface area contributed by atoms with Crippen LogP contribution in [0.4, 0.5) is 0 Å². The summed E-state index contributed by atoms with van der Waals surface area (Å²) in [7, 11) is 0. The number of piperidine rings is 1. The Labute approximate surface area is 152 Å². The minimum absolute atomic E-state index is 0.0792. The van der Waals surface area contributed by atoms with Crippen molar-refractivity contribution in [1.82, 2.24) is 0 Å². The van der Waals surface area contributed by atoms with Gasteiger partial charge in [-0.15, -0.1) is 0 Å². The van der Waals surface area contributed by atoms with Crippen LogP contribution in [0, 0.1) is 5.92 Å². The van der Waals surface area contributed by atoms with Gasteiger partial charge in [0.2, 0.25) is 0 Å². The minimum Gasteiger partial charge on any atom is -0.504 e. The van der Waals surface area contributed by atoms with E-state index in [1.807, 2.05) is 6.07 Å². The van der Waals surface area contributed by atoms with Crippen LogP contribution in [-0.4, -0.2) is 46.3 Å². The normalized spacial score (nSPS) is 43.6. The van der Waals surface area contributed by atoms with Crippen molar-refractivity contribution in [2.24, 2.45) is 5.92 Å². The smallest absolute Gasteiger partial charge is 0.174 e. The molecule has 26 heavy (non-hydrogen) atoms. The molecule has 1 saturated heterocycles. The Kier molecular flexibility index (Phi) is 2.75. The maximum atomic E-state index is 12.8. The lowest BCUT2D eigenvalue weighted by Crippen LogP contribution is -3.24. The fourth-order valence-corrected chi connectivity index (χ4v) is 6.94. The number of ketones is 1. The summed E-state index contributed by atoms with van der Waals surface area (Å²) in [5.41, 5.74) is 0.507. The summed E-state index contributed by atoms with van der Waals surface area (Å²) < 4.78 is 6.07. The number of hydrogen-bond acceptors (Lipinski definition) is 4. The lowest BCUT2D eigenvalue weighted by atomic mass is 9.49. The van der Waals surface area contributed by atoms with E-state index in [-0.39, 0.29) is 17.6 Å². The van der Waals surface area contributed by atoms with Crippen molar-refractivity contribution in [3.63, 3.8) is 0 Å². The SMILES string of the molecule is CC(C1CC1)[NH+]1CC[C@]23c4c5ccc(O)c4OC2C(=O)CC[C@@]3(O)C1C5. The molecular formula is C21H26NO4+. The fraction of sp³-hybridized carbons (Fsp3) is 0.667. The van der Waals surface area contributed by atoms with Crippen LogP contribution in [0.5, 0.6) is 11.5 Å². The molecule has 0 amide bonds. The van der Waals surface area contributed by atoms with Crippen LogP contribution in [0.2, 0.25) is 0 Å². The first-order valence-corrected chi connectivity index (χ1v) is 10.1. The number of ether oxygens (including phenoxy) is 1. The highest BCUT2D eigenvalue weighted by atomic mass is 16.5. The van der Waals surface area contributed by atoms with Gasteiger partial charge in [0.05, 0.1) is 18.0 Å². The Balaban J connectivity index is 1.58. The Morgan fingerprint density at radius 3 is 2.88 bits per heavy atom. The Morgan fingerprint density at radius 2 is 2.12 bits per heavy atom. The maximum absolute atomic E-state index is 12.8. The molecule has 5 nitrogen and oxygen atoms in total. The van der Waals surface area contributed by atoms with Gasteiger partial charge >= 0.3 is 0 Å². The molecular weight excluding hydrogens is 330 g/mol. The van der Waals surface area contributed by atoms with Crippen LogP contribution in [0.3, 0.4) is 0 Å². The third-order valence-electron chi connectivity index (χ3n) is 8.34. The third-order valence-corrected chi connectivity index (χ3v) is 8.34. The lowest BCUT2D eigenvalue weighted by Gasteiger charge is -2.61. The number of phenols is 1. The highest BCUT2D eigenvalue weighted by molar-refractivity contribution is 5.89. The van der Waals surface area contributed by atoms with Crippen molar-refractivity contribution in [2.75, 3.05) is 6.54 Å². The van der Waals surface area contributed by atoms with Gasteiger partial charge in [-0.05, 0) is 37.8 Å². The molecule has 2 bridgehead atoms. The zero-order valence-electron chi connectivity index (χ0n) is 15.1. The molecule has 2 saturated carbocycles. The van der Waals surface area contributed by atoms with Gasteiger partial charge in [0.25, 0.3) is 0 Å². The van der Waals surface area contributed by atoms with Gasteiger partial charge in [-0.1, -0.05) is 6.07 Å². The monoisotopic (exact) mass is 356 g/mol. The van der Waals surface area contributed by atoms with Gasteiger partial charge < -0.3 is 19.8 Å². The minimum atomic E-state index is -0.922. The molecule has 2 aliphatic heterocycles. The summed E-state index contributed by atoms with van der Waals surface area (Å²) in [4.78, 5) is 14.3. The van der Waals surface area contributed by atoms with Crippen molar-refractivity contribution in [3.8, 4) is 11.5 Å². The zero-order valence-corrected chi connectivity index (χ0v) is 15.1. The predicted molar refractivity (Wildman–Crippen MR) is 93.5 cm³/mol. The molecule has 6 atom stereocenters. The van der Waals surface area contributed by atoms with Gasteiger partial charge in [-0.25, -0.2) is 0 Å². The van der Waals surface area contributed by atoms with Gasteiger partial charge in [0, 0.05) is 30.7 Å². The van der Waals surface area contributed by atoms with Crippen molar-refractivity contribution in [2.45, 2.75) is 74.7 Å². The van der Waals surface area contributed by atoms with Crippen molar-refractivity contribution >= 4 is 5.78 Å². The second-order valence-corrected chi connectivity index (χ2v) is 9.27. The summed E-state index contributed by atoms with van der Waals surface area (Å²) in [6, 6.07) is 4.33. The largest absolute Gasteiger partial charge is 0.504 e. The van der Waals surface area contributed by atoms with E-state index < -0.39 is 17.1 Å². The number of likely N-dealkylation sites (tertiary alicyclic amines) is 1. The van der Waals surface area contributed by atoms with E-state index in [1.165, 1.54) is 17.7 Å². The van der Waals surface area contributed by atoms with E-state index in [4.69, 9.17) is 4.74 Å². The van der Waals surface area contributed by atoms with Crippen LogP contribution in [0.1, 0.15) is 50.2 Å². The van der Waals surface area contributed by atoms with Gasteiger partial charge in [0.15, 0.2) is 23.4 Å². The van der Waals surface area contributed by atoms with Crippen molar-refractivity contribution in [1.29, 1.82) is 0 Å². The number of quaternary nitrogens is 1. The summed E-state index contributed by atoms with van der Waals surface area (Å²) >= 11 is 0. The van der Waals surface area contributed by atoms with Crippen LogP contribution >= 0.6 is 0 Å². The molecule has 1 aromatic rings. The first kappa shape index (κ1) is 15.5.